The molecule has 2 aromatic rings. The number of hydrogen-bond donors (Lipinski definition) is 0. The Morgan fingerprint density at radius 1 is 1.14 bits per heavy atom. The van der Waals surface area contributed by atoms with E-state index in [1.54, 1.807) is 24.3 Å². The fraction of sp³-hybridized carbons (Fsp3) is 0.364. The van der Waals surface area contributed by atoms with Gasteiger partial charge in [0.25, 0.3) is 0 Å². The maximum atomic E-state index is 11.9. The number of oxime groups is 1. The Morgan fingerprint density at radius 2 is 1.83 bits per heavy atom. The van der Waals surface area contributed by atoms with Gasteiger partial charge >= 0.3 is 5.97 Å². The number of rotatable bonds is 6. The van der Waals surface area contributed by atoms with Gasteiger partial charge in [-0.2, -0.15) is 0 Å². The number of sulfone groups is 1. The molecule has 1 atom stereocenters. The summed E-state index contributed by atoms with van der Waals surface area (Å²) in [5.74, 6) is -0.268. The van der Waals surface area contributed by atoms with E-state index in [0.717, 1.165) is 28.7 Å². The van der Waals surface area contributed by atoms with Crippen LogP contribution in [0.1, 0.15) is 43.7 Å². The fourth-order valence-electron chi connectivity index (χ4n) is 3.31. The predicted molar refractivity (Wildman–Crippen MR) is 111 cm³/mol. The third kappa shape index (κ3) is 4.85. The van der Waals surface area contributed by atoms with Gasteiger partial charge in [-0.15, -0.1) is 0 Å². The van der Waals surface area contributed by atoms with Crippen molar-refractivity contribution < 1.29 is 22.8 Å². The molecule has 3 rings (SSSR count). The summed E-state index contributed by atoms with van der Waals surface area (Å²) in [6, 6.07) is 12.9. The van der Waals surface area contributed by atoms with E-state index in [0.29, 0.717) is 25.3 Å². The van der Waals surface area contributed by atoms with Crippen LogP contribution < -0.4 is 0 Å². The number of benzene rings is 2. The van der Waals surface area contributed by atoms with Gasteiger partial charge in [-0.25, -0.2) is 8.42 Å². The van der Waals surface area contributed by atoms with E-state index in [1.165, 1.54) is 6.26 Å². The third-order valence-electron chi connectivity index (χ3n) is 4.88. The van der Waals surface area contributed by atoms with E-state index < -0.39 is 9.84 Å². The van der Waals surface area contributed by atoms with Crippen LogP contribution in [-0.2, 0) is 30.6 Å². The molecule has 1 unspecified atom stereocenters. The first-order chi connectivity index (χ1) is 13.8. The zero-order chi connectivity index (χ0) is 21.0. The van der Waals surface area contributed by atoms with E-state index >= 15 is 0 Å². The predicted octanol–water partition coefficient (Wildman–Crippen LogP) is 4.09. The maximum absolute atomic E-state index is 11.9. The minimum absolute atomic E-state index is 0.249. The van der Waals surface area contributed by atoms with Crippen LogP contribution in [0.5, 0.6) is 0 Å². The van der Waals surface area contributed by atoms with Gasteiger partial charge in [-0.05, 0) is 53.3 Å². The summed E-state index contributed by atoms with van der Waals surface area (Å²) in [5.41, 5.74) is 3.97. The van der Waals surface area contributed by atoms with Crippen molar-refractivity contribution in [2.24, 2.45) is 5.16 Å². The smallest absolute Gasteiger partial charge is 0.312 e. The number of aryl methyl sites for hydroxylation is 1. The zero-order valence-corrected chi connectivity index (χ0v) is 17.7. The van der Waals surface area contributed by atoms with E-state index in [9.17, 15) is 13.2 Å². The third-order valence-corrected chi connectivity index (χ3v) is 6.01. The summed E-state index contributed by atoms with van der Waals surface area (Å²) in [4.78, 5) is 17.5. The molecule has 2 aromatic carbocycles. The summed E-state index contributed by atoms with van der Waals surface area (Å²) in [5, 5.41) is 3.94. The second-order valence-electron chi connectivity index (χ2n) is 7.07. The molecule has 154 valence electrons. The summed E-state index contributed by atoms with van der Waals surface area (Å²) in [6.07, 6.45) is 3.04. The van der Waals surface area contributed by atoms with Crippen LogP contribution in [0.25, 0.3) is 11.1 Å². The summed E-state index contributed by atoms with van der Waals surface area (Å²) < 4.78 is 28.8. The Balaban J connectivity index is 1.93. The highest BCUT2D eigenvalue weighted by atomic mass is 32.2. The lowest BCUT2D eigenvalue weighted by molar-refractivity contribution is -0.135. The molecule has 6 nitrogen and oxygen atoms in total. The van der Waals surface area contributed by atoms with Crippen LogP contribution in [0.3, 0.4) is 0 Å². The van der Waals surface area contributed by atoms with Crippen LogP contribution in [0.15, 0.2) is 52.5 Å². The molecule has 1 aliphatic heterocycles. The van der Waals surface area contributed by atoms with E-state index in [1.807, 2.05) is 25.1 Å². The quantitative estimate of drug-likeness (QED) is 0.664. The van der Waals surface area contributed by atoms with Crippen LogP contribution in [0.2, 0.25) is 0 Å². The maximum Gasteiger partial charge on any atom is 0.312 e. The molecule has 0 saturated carbocycles. The molecule has 1 heterocycles. The van der Waals surface area contributed by atoms with Gasteiger partial charge < -0.3 is 9.57 Å². The van der Waals surface area contributed by atoms with Crippen LogP contribution in [0, 0.1) is 0 Å². The highest BCUT2D eigenvalue weighted by Gasteiger charge is 2.30. The van der Waals surface area contributed by atoms with Crippen molar-refractivity contribution >= 4 is 21.7 Å². The number of nitrogens with zero attached hydrogens (tertiary/aromatic N) is 1. The lowest BCUT2D eigenvalue weighted by Crippen LogP contribution is -2.19. The molecule has 0 fully saturated rings. The topological polar surface area (TPSA) is 82.0 Å². The van der Waals surface area contributed by atoms with Crippen molar-refractivity contribution in [3.8, 4) is 11.1 Å². The number of carbonyl (C=O) groups is 1. The zero-order valence-electron chi connectivity index (χ0n) is 16.8. The first-order valence-electron chi connectivity index (χ1n) is 9.67. The molecule has 0 radical (unpaired) electrons. The van der Waals surface area contributed by atoms with Crippen molar-refractivity contribution in [3.05, 3.63) is 53.6 Å². The van der Waals surface area contributed by atoms with Gasteiger partial charge in [-0.3, -0.25) is 4.79 Å². The molecule has 0 aliphatic carbocycles. The minimum Gasteiger partial charge on any atom is -0.407 e. The van der Waals surface area contributed by atoms with Crippen molar-refractivity contribution in [2.45, 2.75) is 43.9 Å². The van der Waals surface area contributed by atoms with Crippen LogP contribution in [0.4, 0.5) is 0 Å². The van der Waals surface area contributed by atoms with E-state index in [-0.39, 0.29) is 16.8 Å². The molecule has 7 heteroatoms. The number of carbonyl (C=O) groups excluding carboxylic acids is 1. The Kier molecular flexibility index (Phi) is 6.37. The molecule has 1 aliphatic rings. The minimum atomic E-state index is -3.24. The van der Waals surface area contributed by atoms with Crippen molar-refractivity contribution in [1.29, 1.82) is 0 Å². The largest absolute Gasteiger partial charge is 0.407 e. The highest BCUT2D eigenvalue weighted by Crippen LogP contribution is 2.32. The van der Waals surface area contributed by atoms with Crippen molar-refractivity contribution in [2.75, 3.05) is 12.9 Å². The molecule has 0 amide bonds. The van der Waals surface area contributed by atoms with Gasteiger partial charge in [0.2, 0.25) is 5.90 Å². The van der Waals surface area contributed by atoms with Gasteiger partial charge in [-0.1, -0.05) is 43.3 Å². The number of ether oxygens (including phenoxy) is 1. The number of hydrogen-bond acceptors (Lipinski definition) is 6. The molecule has 29 heavy (non-hydrogen) atoms. The molecule has 0 spiro atoms. The molecular formula is C22H25NO5S. The van der Waals surface area contributed by atoms with Crippen LogP contribution >= 0.6 is 0 Å². The fourth-order valence-corrected chi connectivity index (χ4v) is 3.94. The van der Waals surface area contributed by atoms with Crippen LogP contribution in [-0.4, -0.2) is 33.1 Å². The molecule has 0 bridgehead atoms. The standard InChI is InChI=1S/C22H25NO5S/c1-4-6-21(24)28-22-20(14-27-23-22)19-13-17(8-7-15(19)5-2)16-9-11-18(12-10-16)29(3,25)26/h7-13,20H,4-6,14H2,1-3H3. The first-order valence-corrected chi connectivity index (χ1v) is 11.6. The van der Waals surface area contributed by atoms with Gasteiger partial charge in [0, 0.05) is 12.7 Å². The van der Waals surface area contributed by atoms with E-state index in [4.69, 9.17) is 9.57 Å². The Bertz CT molecular complexity index is 1030. The van der Waals surface area contributed by atoms with Crippen molar-refractivity contribution in [3.63, 3.8) is 0 Å². The second-order valence-corrected chi connectivity index (χ2v) is 9.08. The summed E-state index contributed by atoms with van der Waals surface area (Å²) in [7, 11) is -3.24. The summed E-state index contributed by atoms with van der Waals surface area (Å²) in [6.45, 7) is 4.30. The normalized spacial score (nSPS) is 16.2. The molecule has 0 N–H and O–H groups in total. The Hall–Kier alpha value is -2.67. The van der Waals surface area contributed by atoms with Gasteiger partial charge in [0.15, 0.2) is 9.84 Å². The highest BCUT2D eigenvalue weighted by molar-refractivity contribution is 7.90. The average molecular weight is 416 g/mol. The summed E-state index contributed by atoms with van der Waals surface area (Å²) >= 11 is 0. The monoisotopic (exact) mass is 415 g/mol. The van der Waals surface area contributed by atoms with Gasteiger partial charge in [0.05, 0.1) is 4.90 Å². The SMILES string of the molecule is CCCC(=O)OC1=NOCC1c1cc(-c2ccc(S(C)(=O)=O)cc2)ccc1CC. The Morgan fingerprint density at radius 3 is 2.45 bits per heavy atom. The average Bonchev–Trinajstić information content (AvgIpc) is 3.15. The Labute approximate surface area is 171 Å². The lowest BCUT2D eigenvalue weighted by Gasteiger charge is -2.16. The van der Waals surface area contributed by atoms with Crippen molar-refractivity contribution in [1.82, 2.24) is 0 Å². The number of esters is 1. The first kappa shape index (κ1) is 21.0. The van der Waals surface area contributed by atoms with Gasteiger partial charge in [0.1, 0.15) is 12.5 Å². The molecule has 0 saturated heterocycles. The second kappa shape index (κ2) is 8.78. The molecular weight excluding hydrogens is 390 g/mol. The molecule has 0 aromatic heterocycles. The lowest BCUT2D eigenvalue weighted by atomic mass is 9.90. The van der Waals surface area contributed by atoms with E-state index in [2.05, 4.69) is 12.1 Å².